The fraction of sp³-hybridized carbons (Fsp3) is 0.667. The Morgan fingerprint density at radius 3 is 2.45 bits per heavy atom. The molecule has 3 aliphatic rings. The second kappa shape index (κ2) is 13.1. The summed E-state index contributed by atoms with van der Waals surface area (Å²) in [4.78, 5) is 38.1. The summed E-state index contributed by atoms with van der Waals surface area (Å²) in [6.07, 6.45) is 4.08. The number of carbonyl (C=O) groups excluding carboxylic acids is 2. The Morgan fingerprint density at radius 1 is 1.07 bits per heavy atom. The van der Waals surface area contributed by atoms with Crippen molar-refractivity contribution >= 4 is 22.8 Å². The number of benzene rings is 1. The highest BCUT2D eigenvalue weighted by Crippen LogP contribution is 2.42. The van der Waals surface area contributed by atoms with Gasteiger partial charge in [0.2, 0.25) is 6.29 Å². The second-order valence-electron chi connectivity index (χ2n) is 13.2. The zero-order chi connectivity index (χ0) is 31.8. The van der Waals surface area contributed by atoms with Gasteiger partial charge >= 0.3 is 11.7 Å². The van der Waals surface area contributed by atoms with E-state index in [0.29, 0.717) is 17.4 Å². The average Bonchev–Trinajstić information content (AvgIpc) is 2.99. The quantitative estimate of drug-likeness (QED) is 0.355. The molecule has 1 saturated heterocycles. The number of hydrogen-bond donors (Lipinski definition) is 3. The number of methoxy groups -OCH3 is 1. The molecule has 2 unspecified atom stereocenters. The lowest BCUT2D eigenvalue weighted by molar-refractivity contribution is -0.304. The number of ketones is 1. The first kappa shape index (κ1) is 32.2. The van der Waals surface area contributed by atoms with Crippen molar-refractivity contribution < 1.29 is 43.2 Å². The third kappa shape index (κ3) is 6.46. The number of primary amides is 1. The Hall–Kier alpha value is -3.15. The predicted molar refractivity (Wildman–Crippen MR) is 160 cm³/mol. The maximum Gasteiger partial charge on any atom is 0.404 e. The largest absolute Gasteiger partial charge is 0.507 e. The summed E-state index contributed by atoms with van der Waals surface area (Å²) in [6.45, 7) is 5.02. The van der Waals surface area contributed by atoms with Gasteiger partial charge < -0.3 is 39.3 Å². The van der Waals surface area contributed by atoms with Gasteiger partial charge in [-0.2, -0.15) is 0 Å². The zero-order valence-corrected chi connectivity index (χ0v) is 26.0. The second-order valence-corrected chi connectivity index (χ2v) is 13.2. The number of nitrogens with two attached hydrogens (primary N) is 1. The Bertz CT molecular complexity index is 1430. The highest BCUT2D eigenvalue weighted by atomic mass is 16.7. The van der Waals surface area contributed by atoms with Gasteiger partial charge in [0.1, 0.15) is 29.0 Å². The third-order valence-corrected chi connectivity index (χ3v) is 9.94. The Balaban J connectivity index is 1.35. The van der Waals surface area contributed by atoms with Crippen LogP contribution in [0.25, 0.3) is 11.0 Å². The molecule has 1 aromatic carbocycles. The van der Waals surface area contributed by atoms with Gasteiger partial charge in [0.05, 0.1) is 16.6 Å². The van der Waals surface area contributed by atoms with E-state index in [2.05, 4.69) is 0 Å². The first-order chi connectivity index (χ1) is 20.9. The minimum absolute atomic E-state index is 0.0303. The molecule has 2 saturated carbocycles. The number of rotatable bonds is 8. The lowest BCUT2D eigenvalue weighted by Crippen LogP contribution is -2.65. The van der Waals surface area contributed by atoms with Gasteiger partial charge in [0.15, 0.2) is 12.2 Å². The molecular formula is C33H45NO10. The molecule has 6 atom stereocenters. The third-order valence-electron chi connectivity index (χ3n) is 9.94. The Kier molecular flexibility index (Phi) is 9.58. The molecule has 1 amide bonds. The molecule has 242 valence electrons. The van der Waals surface area contributed by atoms with E-state index in [0.717, 1.165) is 25.7 Å². The molecule has 0 spiro atoms. The van der Waals surface area contributed by atoms with Gasteiger partial charge in [0, 0.05) is 25.0 Å². The molecule has 11 nitrogen and oxygen atoms in total. The van der Waals surface area contributed by atoms with Crippen molar-refractivity contribution in [2.45, 2.75) is 115 Å². The number of amides is 1. The highest BCUT2D eigenvalue weighted by Gasteiger charge is 2.53. The molecular weight excluding hydrogens is 570 g/mol. The van der Waals surface area contributed by atoms with E-state index in [-0.39, 0.29) is 46.2 Å². The van der Waals surface area contributed by atoms with E-state index in [1.54, 1.807) is 26.8 Å². The predicted octanol–water partition coefficient (Wildman–Crippen LogP) is 4.66. The van der Waals surface area contributed by atoms with Crippen LogP contribution in [0.4, 0.5) is 4.79 Å². The summed E-state index contributed by atoms with van der Waals surface area (Å²) < 4.78 is 28.2. The molecule has 5 rings (SSSR count). The number of hydrogen-bond acceptors (Lipinski definition) is 10. The molecule has 2 aromatic rings. The van der Waals surface area contributed by atoms with Gasteiger partial charge in [-0.3, -0.25) is 4.79 Å². The first-order valence-electron chi connectivity index (χ1n) is 15.7. The standard InChI is InChI=1S/C33H45NO10/c1-17-24(41-31-26(37)28(43-32(34)39)29(40-4)33(2,3)44-31)14-13-21-25(36)22(30(38)42-27(17)21)16-23(35)20-12-8-11-19(15-20)18-9-6-5-7-10-18/h13-14,18-20,26,28-29,31,36-37H,5-12,15-16H2,1-4H3,(H2,34,39)/t19?,20?,26-,28+,29-,31-/m1/s1. The van der Waals surface area contributed by atoms with Crippen molar-refractivity contribution in [2.75, 3.05) is 7.11 Å². The molecule has 3 fully saturated rings. The van der Waals surface area contributed by atoms with E-state index in [1.807, 2.05) is 0 Å². The van der Waals surface area contributed by atoms with Crippen LogP contribution in [-0.2, 0) is 25.4 Å². The lowest BCUT2D eigenvalue weighted by atomic mass is 9.69. The number of aryl methyl sites for hydroxylation is 1. The fourth-order valence-corrected chi connectivity index (χ4v) is 7.63. The van der Waals surface area contributed by atoms with Crippen LogP contribution in [0.2, 0.25) is 0 Å². The number of fused-ring (bicyclic) bond motifs is 1. The summed E-state index contributed by atoms with van der Waals surface area (Å²) in [5, 5.41) is 22.4. The van der Waals surface area contributed by atoms with Crippen LogP contribution >= 0.6 is 0 Å². The number of ether oxygens (including phenoxy) is 4. The van der Waals surface area contributed by atoms with Crippen LogP contribution in [-0.4, -0.2) is 59.4 Å². The monoisotopic (exact) mass is 615 g/mol. The highest BCUT2D eigenvalue weighted by molar-refractivity contribution is 5.91. The van der Waals surface area contributed by atoms with Gasteiger partial charge in [-0.1, -0.05) is 44.9 Å². The summed E-state index contributed by atoms with van der Waals surface area (Å²) in [5.41, 5.74) is 3.80. The molecule has 4 N–H and O–H groups in total. The van der Waals surface area contributed by atoms with Crippen molar-refractivity contribution in [3.8, 4) is 11.5 Å². The molecule has 11 heteroatoms. The number of aliphatic hydroxyl groups is 1. The number of aliphatic hydroxyl groups excluding tert-OH is 1. The van der Waals surface area contributed by atoms with Crippen LogP contribution in [0.15, 0.2) is 21.3 Å². The molecule has 44 heavy (non-hydrogen) atoms. The number of aromatic hydroxyl groups is 1. The first-order valence-corrected chi connectivity index (χ1v) is 15.7. The van der Waals surface area contributed by atoms with E-state index < -0.39 is 41.9 Å². The normalized spacial score (nSPS) is 29.3. The van der Waals surface area contributed by atoms with Gasteiger partial charge in [-0.15, -0.1) is 0 Å². The number of Topliss-reactive ketones (excluding diaryl/α,β-unsaturated/α-hetero) is 1. The summed E-state index contributed by atoms with van der Waals surface area (Å²) >= 11 is 0. The van der Waals surface area contributed by atoms with Crippen molar-refractivity contribution in [3.63, 3.8) is 0 Å². The summed E-state index contributed by atoms with van der Waals surface area (Å²) in [6, 6.07) is 3.08. The van der Waals surface area contributed by atoms with Gasteiger partial charge in [-0.25, -0.2) is 9.59 Å². The minimum atomic E-state index is -1.47. The minimum Gasteiger partial charge on any atom is -0.507 e. The molecule has 1 aliphatic heterocycles. The fourth-order valence-electron chi connectivity index (χ4n) is 7.63. The smallest absolute Gasteiger partial charge is 0.404 e. The Labute approximate surface area is 257 Å². The van der Waals surface area contributed by atoms with Crippen LogP contribution in [0.3, 0.4) is 0 Å². The van der Waals surface area contributed by atoms with Crippen molar-refractivity contribution in [2.24, 2.45) is 23.5 Å². The number of carbonyl (C=O) groups is 2. The molecule has 2 heterocycles. The molecule has 1 aromatic heterocycles. The molecule has 0 bridgehead atoms. The molecule has 2 aliphatic carbocycles. The van der Waals surface area contributed by atoms with E-state index in [1.165, 1.54) is 45.3 Å². The van der Waals surface area contributed by atoms with Crippen LogP contribution in [0, 0.1) is 24.7 Å². The average molecular weight is 616 g/mol. The van der Waals surface area contributed by atoms with E-state index in [9.17, 15) is 24.6 Å². The molecule has 0 radical (unpaired) electrons. The maximum atomic E-state index is 13.4. The van der Waals surface area contributed by atoms with Crippen molar-refractivity contribution in [1.82, 2.24) is 0 Å². The van der Waals surface area contributed by atoms with Gasteiger partial charge in [-0.05, 0) is 57.6 Å². The maximum absolute atomic E-state index is 13.4. The van der Waals surface area contributed by atoms with Crippen LogP contribution in [0.5, 0.6) is 11.5 Å². The lowest BCUT2D eigenvalue weighted by Gasteiger charge is -2.47. The van der Waals surface area contributed by atoms with E-state index >= 15 is 0 Å². The topological polar surface area (TPSA) is 168 Å². The van der Waals surface area contributed by atoms with Crippen LogP contribution < -0.4 is 16.1 Å². The van der Waals surface area contributed by atoms with Gasteiger partial charge in [0.25, 0.3) is 0 Å². The van der Waals surface area contributed by atoms with Crippen LogP contribution in [0.1, 0.15) is 82.8 Å². The summed E-state index contributed by atoms with van der Waals surface area (Å²) in [5.74, 6) is 1.01. The SMILES string of the molecule is CO[C@@H]1[C@@H](OC(N)=O)[C@@H](O)[C@H](Oc2ccc3c(O)c(CC(=O)C4CCCC(C5CCCCC5)C4)c(=O)oc3c2C)OC1(C)C. The van der Waals surface area contributed by atoms with Crippen molar-refractivity contribution in [3.05, 3.63) is 33.7 Å². The Morgan fingerprint density at radius 2 is 1.77 bits per heavy atom. The summed E-state index contributed by atoms with van der Waals surface area (Å²) in [7, 11) is 1.40. The van der Waals surface area contributed by atoms with Crippen molar-refractivity contribution in [1.29, 1.82) is 0 Å². The van der Waals surface area contributed by atoms with E-state index in [4.69, 9.17) is 29.1 Å². The zero-order valence-electron chi connectivity index (χ0n) is 26.0.